The Kier molecular flexibility index (Phi) is 6.63. The zero-order valence-electron chi connectivity index (χ0n) is 19.6. The van der Waals surface area contributed by atoms with Gasteiger partial charge < -0.3 is 19.5 Å². The highest BCUT2D eigenvalue weighted by atomic mass is 32.1. The molecule has 3 heterocycles. The summed E-state index contributed by atoms with van der Waals surface area (Å²) in [4.78, 5) is 40.5. The molecule has 1 saturated heterocycles. The zero-order chi connectivity index (χ0) is 25.1. The van der Waals surface area contributed by atoms with Crippen LogP contribution in [0.25, 0.3) is 10.1 Å². The average Bonchev–Trinajstić information content (AvgIpc) is 3.52. The number of fused-ring (bicyclic) bond motifs is 1. The molecule has 0 radical (unpaired) electrons. The normalized spacial score (nSPS) is 13.6. The van der Waals surface area contributed by atoms with Crippen LogP contribution < -0.4 is 15.5 Å². The molecular weight excluding hydrogens is 480 g/mol. The monoisotopic (exact) mass is 504 g/mol. The summed E-state index contributed by atoms with van der Waals surface area (Å²) in [6.45, 7) is 4.47. The number of nitrogens with zero attached hydrogens (tertiary/aromatic N) is 4. The first-order valence-electron chi connectivity index (χ1n) is 11.5. The molecular formula is C25H24N6O4S. The minimum atomic E-state index is -0.574. The van der Waals surface area contributed by atoms with Gasteiger partial charge in [-0.1, -0.05) is 23.3 Å². The van der Waals surface area contributed by atoms with E-state index in [0.29, 0.717) is 18.8 Å². The quantitative estimate of drug-likeness (QED) is 0.413. The molecule has 0 unspecified atom stereocenters. The Labute approximate surface area is 210 Å². The average molecular weight is 505 g/mol. The van der Waals surface area contributed by atoms with E-state index in [2.05, 4.69) is 25.7 Å². The number of thiophene rings is 1. The Hall–Kier alpha value is -4.25. The van der Waals surface area contributed by atoms with Crippen molar-refractivity contribution in [3.63, 3.8) is 0 Å². The summed E-state index contributed by atoms with van der Waals surface area (Å²) in [7, 11) is 0. The van der Waals surface area contributed by atoms with Crippen LogP contribution in [0.1, 0.15) is 23.2 Å². The third-order valence-corrected chi connectivity index (χ3v) is 7.01. The first-order valence-corrected chi connectivity index (χ1v) is 12.3. The lowest BCUT2D eigenvalue weighted by Crippen LogP contribution is -2.48. The fourth-order valence-corrected chi connectivity index (χ4v) is 5.05. The van der Waals surface area contributed by atoms with Crippen LogP contribution in [0.5, 0.6) is 0 Å². The molecule has 10 nitrogen and oxygen atoms in total. The first kappa shape index (κ1) is 23.5. The van der Waals surface area contributed by atoms with Crippen LogP contribution in [0.4, 0.5) is 17.4 Å². The van der Waals surface area contributed by atoms with E-state index in [1.54, 1.807) is 30.4 Å². The molecule has 1 aliphatic rings. The third-order valence-electron chi connectivity index (χ3n) is 5.99. The first-order chi connectivity index (χ1) is 17.5. The van der Waals surface area contributed by atoms with Crippen molar-refractivity contribution in [3.05, 3.63) is 65.4 Å². The minimum Gasteiger partial charge on any atom is -0.399 e. The van der Waals surface area contributed by atoms with Crippen LogP contribution in [0.15, 0.2) is 58.3 Å². The van der Waals surface area contributed by atoms with Crippen molar-refractivity contribution in [1.29, 1.82) is 0 Å². The molecule has 0 saturated carbocycles. The molecule has 2 N–H and O–H groups in total. The Morgan fingerprint density at radius 2 is 1.72 bits per heavy atom. The molecule has 0 bridgehead atoms. The number of carbonyl (C=O) groups is 3. The second-order valence-corrected chi connectivity index (χ2v) is 9.30. The number of hydrogen-bond donors (Lipinski definition) is 2. The lowest BCUT2D eigenvalue weighted by molar-refractivity contribution is -0.129. The molecule has 3 amide bonds. The summed E-state index contributed by atoms with van der Waals surface area (Å²) in [6, 6.07) is 15.1. The van der Waals surface area contributed by atoms with E-state index in [-0.39, 0.29) is 30.1 Å². The van der Waals surface area contributed by atoms with Crippen LogP contribution in [-0.4, -0.2) is 59.0 Å². The second-order valence-electron chi connectivity index (χ2n) is 8.39. The van der Waals surface area contributed by atoms with Gasteiger partial charge in [0.25, 0.3) is 0 Å². The van der Waals surface area contributed by atoms with Crippen molar-refractivity contribution in [1.82, 2.24) is 15.1 Å². The molecule has 36 heavy (non-hydrogen) atoms. The fourth-order valence-electron chi connectivity index (χ4n) is 4.09. The molecule has 11 heteroatoms. The highest BCUT2D eigenvalue weighted by Crippen LogP contribution is 2.26. The van der Waals surface area contributed by atoms with Gasteiger partial charge in [0.1, 0.15) is 0 Å². The largest absolute Gasteiger partial charge is 0.399 e. The molecule has 5 rings (SSSR count). The standard InChI is InChI=1S/C25H24N6O4S/c1-16(32)30-10-12-31(13-11-30)19-8-6-18(7-9-19)26-23(34)24-28-29-25(35-24)27-22(33)14-17-15-36-21-5-3-2-4-20(17)21/h2-9,15H,10-14H2,1H3,(H,26,34)(H,27,29,33). The maximum Gasteiger partial charge on any atom is 0.322 e. The van der Waals surface area contributed by atoms with E-state index < -0.39 is 5.91 Å². The Morgan fingerprint density at radius 1 is 0.972 bits per heavy atom. The number of aromatic nitrogens is 2. The fraction of sp³-hybridized carbons (Fsp3) is 0.240. The van der Waals surface area contributed by atoms with Crippen LogP contribution in [0, 0.1) is 0 Å². The number of hydrogen-bond acceptors (Lipinski definition) is 8. The van der Waals surface area contributed by atoms with Gasteiger partial charge in [-0.05, 0) is 46.7 Å². The van der Waals surface area contributed by atoms with E-state index in [1.165, 1.54) is 0 Å². The van der Waals surface area contributed by atoms with Crippen LogP contribution >= 0.6 is 11.3 Å². The number of anilines is 3. The molecule has 1 fully saturated rings. The zero-order valence-corrected chi connectivity index (χ0v) is 20.4. The maximum atomic E-state index is 12.5. The van der Waals surface area contributed by atoms with Crippen LogP contribution in [0.3, 0.4) is 0 Å². The SMILES string of the molecule is CC(=O)N1CCN(c2ccc(NC(=O)c3nnc(NC(=O)Cc4csc5ccccc45)o3)cc2)CC1. The number of nitrogens with one attached hydrogen (secondary N) is 2. The van der Waals surface area contributed by atoms with Crippen molar-refractivity contribution in [2.75, 3.05) is 41.7 Å². The summed E-state index contributed by atoms with van der Waals surface area (Å²) in [5.41, 5.74) is 2.49. The van der Waals surface area contributed by atoms with E-state index in [1.807, 2.05) is 46.7 Å². The van der Waals surface area contributed by atoms with Crippen LogP contribution in [0.2, 0.25) is 0 Å². The molecule has 0 spiro atoms. The van der Waals surface area contributed by atoms with Gasteiger partial charge in [0.2, 0.25) is 11.8 Å². The summed E-state index contributed by atoms with van der Waals surface area (Å²) in [5, 5.41) is 15.8. The minimum absolute atomic E-state index is 0.0903. The summed E-state index contributed by atoms with van der Waals surface area (Å²) >= 11 is 1.58. The van der Waals surface area contributed by atoms with Crippen molar-refractivity contribution >= 4 is 56.5 Å². The van der Waals surface area contributed by atoms with E-state index in [0.717, 1.165) is 34.4 Å². The predicted molar refractivity (Wildman–Crippen MR) is 137 cm³/mol. The smallest absolute Gasteiger partial charge is 0.322 e. The molecule has 184 valence electrons. The highest BCUT2D eigenvalue weighted by molar-refractivity contribution is 7.17. The van der Waals surface area contributed by atoms with Crippen LogP contribution in [-0.2, 0) is 16.0 Å². The van der Waals surface area contributed by atoms with E-state index in [9.17, 15) is 14.4 Å². The topological polar surface area (TPSA) is 121 Å². The van der Waals surface area contributed by atoms with Gasteiger partial charge in [0.05, 0.1) is 6.42 Å². The number of benzene rings is 2. The lowest BCUT2D eigenvalue weighted by Gasteiger charge is -2.35. The van der Waals surface area contributed by atoms with Crippen molar-refractivity contribution in [2.45, 2.75) is 13.3 Å². The molecule has 4 aromatic rings. The van der Waals surface area contributed by atoms with Gasteiger partial charge in [-0.2, -0.15) is 0 Å². The van der Waals surface area contributed by atoms with E-state index >= 15 is 0 Å². The molecule has 0 atom stereocenters. The number of amides is 3. The molecule has 0 aliphatic carbocycles. The Morgan fingerprint density at radius 3 is 2.47 bits per heavy atom. The number of piperazine rings is 1. The maximum absolute atomic E-state index is 12.5. The van der Waals surface area contributed by atoms with Gasteiger partial charge in [0.15, 0.2) is 0 Å². The van der Waals surface area contributed by atoms with Gasteiger partial charge in [0, 0.05) is 49.2 Å². The Bertz CT molecular complexity index is 1410. The Balaban J connectivity index is 1.15. The van der Waals surface area contributed by atoms with Gasteiger partial charge in [-0.25, -0.2) is 0 Å². The second kappa shape index (κ2) is 10.2. The van der Waals surface area contributed by atoms with E-state index in [4.69, 9.17) is 4.42 Å². The molecule has 1 aliphatic heterocycles. The van der Waals surface area contributed by atoms with Gasteiger partial charge >= 0.3 is 17.8 Å². The van der Waals surface area contributed by atoms with Crippen molar-refractivity contribution < 1.29 is 18.8 Å². The lowest BCUT2D eigenvalue weighted by atomic mass is 10.1. The summed E-state index contributed by atoms with van der Waals surface area (Å²) < 4.78 is 6.45. The molecule has 2 aromatic carbocycles. The van der Waals surface area contributed by atoms with Crippen molar-refractivity contribution in [2.24, 2.45) is 0 Å². The highest BCUT2D eigenvalue weighted by Gasteiger charge is 2.20. The summed E-state index contributed by atoms with van der Waals surface area (Å²) in [6.07, 6.45) is 0.157. The predicted octanol–water partition coefficient (Wildman–Crippen LogP) is 3.39. The summed E-state index contributed by atoms with van der Waals surface area (Å²) in [5.74, 6) is -1.05. The number of rotatable bonds is 6. The van der Waals surface area contributed by atoms with Gasteiger partial charge in [-0.15, -0.1) is 16.4 Å². The third kappa shape index (κ3) is 5.20. The van der Waals surface area contributed by atoms with Crippen molar-refractivity contribution in [3.8, 4) is 0 Å². The number of carbonyl (C=O) groups excluding carboxylic acids is 3. The van der Waals surface area contributed by atoms with Gasteiger partial charge in [-0.3, -0.25) is 19.7 Å². The molecule has 2 aromatic heterocycles.